The lowest BCUT2D eigenvalue weighted by Crippen LogP contribution is -2.49. The maximum absolute atomic E-state index is 11.6. The molecule has 1 aromatic carbocycles. The Morgan fingerprint density at radius 2 is 1.85 bits per heavy atom. The minimum atomic E-state index is 0.0206. The predicted octanol–water partition coefficient (Wildman–Crippen LogP) is 1.90. The Hall–Kier alpha value is -2.08. The van der Waals surface area contributed by atoms with Gasteiger partial charge >= 0.3 is 0 Å². The lowest BCUT2D eigenvalue weighted by atomic mass is 10.0. The van der Waals surface area contributed by atoms with Gasteiger partial charge in [0.25, 0.3) is 0 Å². The van der Waals surface area contributed by atoms with Gasteiger partial charge in [0.05, 0.1) is 0 Å². The highest BCUT2D eigenvalue weighted by Gasteiger charge is 2.20. The zero-order valence-electron chi connectivity index (χ0n) is 17.2. The first-order chi connectivity index (χ1) is 13.0. The molecule has 0 spiro atoms. The molecule has 1 heterocycles. The average Bonchev–Trinajstić information content (AvgIpc) is 2.67. The van der Waals surface area contributed by atoms with Crippen LogP contribution in [-0.2, 0) is 11.3 Å². The third-order valence-corrected chi connectivity index (χ3v) is 5.05. The molecule has 1 saturated heterocycles. The molecule has 3 N–H and O–H groups in total. The van der Waals surface area contributed by atoms with Crippen LogP contribution in [0.3, 0.4) is 0 Å². The van der Waals surface area contributed by atoms with E-state index in [1.54, 1.807) is 7.05 Å². The molecule has 0 saturated carbocycles. The van der Waals surface area contributed by atoms with Crippen LogP contribution in [0.2, 0.25) is 0 Å². The molecule has 1 aliphatic heterocycles. The average molecular weight is 374 g/mol. The first-order valence-corrected chi connectivity index (χ1v) is 10.0. The van der Waals surface area contributed by atoms with Crippen molar-refractivity contribution in [1.29, 1.82) is 0 Å². The SMILES string of the molecule is CN=C(NCCNC(=O)C(C)C)NC1CCN(Cc2ccccc2C)CC1. The number of guanidine groups is 1. The summed E-state index contributed by atoms with van der Waals surface area (Å²) in [5.41, 5.74) is 2.79. The molecule has 0 aromatic heterocycles. The van der Waals surface area contributed by atoms with E-state index in [1.807, 2.05) is 13.8 Å². The molecule has 1 aliphatic rings. The molecule has 0 atom stereocenters. The molecule has 6 nitrogen and oxygen atoms in total. The number of benzene rings is 1. The number of rotatable bonds is 7. The second-order valence-electron chi connectivity index (χ2n) is 7.57. The Morgan fingerprint density at radius 3 is 2.48 bits per heavy atom. The molecule has 0 aliphatic carbocycles. The highest BCUT2D eigenvalue weighted by molar-refractivity contribution is 5.80. The van der Waals surface area contributed by atoms with Crippen molar-refractivity contribution in [1.82, 2.24) is 20.9 Å². The molecule has 27 heavy (non-hydrogen) atoms. The van der Waals surface area contributed by atoms with Crippen molar-refractivity contribution in [3.05, 3.63) is 35.4 Å². The van der Waals surface area contributed by atoms with E-state index in [0.717, 1.165) is 38.4 Å². The van der Waals surface area contributed by atoms with Gasteiger partial charge in [-0.2, -0.15) is 0 Å². The smallest absolute Gasteiger partial charge is 0.222 e. The number of carbonyl (C=O) groups excluding carboxylic acids is 1. The standard InChI is InChI=1S/C21H35N5O/c1-16(2)20(27)23-11-12-24-21(22-4)25-19-9-13-26(14-10-19)15-18-8-6-5-7-17(18)3/h5-8,16,19H,9-15H2,1-4H3,(H,23,27)(H2,22,24,25). The summed E-state index contributed by atoms with van der Waals surface area (Å²) in [7, 11) is 1.79. The molecular weight excluding hydrogens is 338 g/mol. The van der Waals surface area contributed by atoms with Crippen molar-refractivity contribution in [3.8, 4) is 0 Å². The van der Waals surface area contributed by atoms with Crippen molar-refractivity contribution >= 4 is 11.9 Å². The molecule has 0 bridgehead atoms. The second-order valence-corrected chi connectivity index (χ2v) is 7.57. The summed E-state index contributed by atoms with van der Waals surface area (Å²) in [5.74, 6) is 0.916. The number of aryl methyl sites for hydroxylation is 1. The van der Waals surface area contributed by atoms with Gasteiger partial charge < -0.3 is 16.0 Å². The number of amides is 1. The molecule has 0 radical (unpaired) electrons. The number of aliphatic imine (C=N–C) groups is 1. The highest BCUT2D eigenvalue weighted by Crippen LogP contribution is 2.16. The third kappa shape index (κ3) is 7.21. The van der Waals surface area contributed by atoms with Crippen LogP contribution >= 0.6 is 0 Å². The molecule has 150 valence electrons. The minimum Gasteiger partial charge on any atom is -0.355 e. The van der Waals surface area contributed by atoms with Crippen LogP contribution in [-0.4, -0.2) is 56.0 Å². The van der Waals surface area contributed by atoms with Gasteiger partial charge in [-0.25, -0.2) is 0 Å². The molecule has 6 heteroatoms. The Kier molecular flexibility index (Phi) is 8.58. The van der Waals surface area contributed by atoms with Gasteiger partial charge in [0.1, 0.15) is 0 Å². The van der Waals surface area contributed by atoms with Gasteiger partial charge in [-0.1, -0.05) is 38.1 Å². The quantitative estimate of drug-likeness (QED) is 0.388. The first-order valence-electron chi connectivity index (χ1n) is 10.0. The summed E-state index contributed by atoms with van der Waals surface area (Å²) in [6, 6.07) is 9.07. The van der Waals surface area contributed by atoms with E-state index < -0.39 is 0 Å². The fourth-order valence-electron chi connectivity index (χ4n) is 3.22. The molecule has 0 unspecified atom stereocenters. The van der Waals surface area contributed by atoms with Crippen molar-refractivity contribution in [2.24, 2.45) is 10.9 Å². The summed E-state index contributed by atoms with van der Waals surface area (Å²) in [6.45, 7) is 10.5. The fourth-order valence-corrected chi connectivity index (χ4v) is 3.22. The summed E-state index contributed by atoms with van der Waals surface area (Å²) >= 11 is 0. The van der Waals surface area contributed by atoms with E-state index in [-0.39, 0.29) is 11.8 Å². The largest absolute Gasteiger partial charge is 0.355 e. The second kappa shape index (κ2) is 10.9. The zero-order valence-corrected chi connectivity index (χ0v) is 17.2. The minimum absolute atomic E-state index is 0.0206. The first kappa shape index (κ1) is 21.2. The molecular formula is C21H35N5O. The summed E-state index contributed by atoms with van der Waals surface area (Å²) in [5, 5.41) is 9.70. The van der Waals surface area contributed by atoms with Gasteiger partial charge in [0.2, 0.25) is 5.91 Å². The summed E-state index contributed by atoms with van der Waals surface area (Å²) in [4.78, 5) is 18.4. The molecule has 1 fully saturated rings. The van der Waals surface area contributed by atoms with E-state index in [1.165, 1.54) is 11.1 Å². The Morgan fingerprint density at radius 1 is 1.19 bits per heavy atom. The van der Waals surface area contributed by atoms with E-state index in [4.69, 9.17) is 0 Å². The molecule has 2 rings (SSSR count). The van der Waals surface area contributed by atoms with Crippen LogP contribution in [0.15, 0.2) is 29.3 Å². The van der Waals surface area contributed by atoms with Crippen LogP contribution < -0.4 is 16.0 Å². The Bertz CT molecular complexity index is 621. The van der Waals surface area contributed by atoms with E-state index in [2.05, 4.69) is 57.0 Å². The number of likely N-dealkylation sites (tertiary alicyclic amines) is 1. The number of piperidine rings is 1. The van der Waals surface area contributed by atoms with E-state index >= 15 is 0 Å². The van der Waals surface area contributed by atoms with Gasteiger partial charge in [-0.05, 0) is 30.9 Å². The Labute approximate surface area is 163 Å². The van der Waals surface area contributed by atoms with Gasteiger partial charge in [-0.15, -0.1) is 0 Å². The zero-order chi connectivity index (χ0) is 19.6. The van der Waals surface area contributed by atoms with Crippen LogP contribution in [0, 0.1) is 12.8 Å². The summed E-state index contributed by atoms with van der Waals surface area (Å²) < 4.78 is 0. The highest BCUT2D eigenvalue weighted by atomic mass is 16.1. The van der Waals surface area contributed by atoms with Crippen LogP contribution in [0.5, 0.6) is 0 Å². The number of carbonyl (C=O) groups is 1. The monoisotopic (exact) mass is 373 g/mol. The van der Waals surface area contributed by atoms with Crippen LogP contribution in [0.4, 0.5) is 0 Å². The normalized spacial score (nSPS) is 16.4. The van der Waals surface area contributed by atoms with Gasteiger partial charge in [0.15, 0.2) is 5.96 Å². The Balaban J connectivity index is 1.67. The van der Waals surface area contributed by atoms with E-state index in [0.29, 0.717) is 19.1 Å². The summed E-state index contributed by atoms with van der Waals surface area (Å²) in [6.07, 6.45) is 2.22. The molecule has 1 amide bonds. The van der Waals surface area contributed by atoms with Crippen LogP contribution in [0.1, 0.15) is 37.8 Å². The van der Waals surface area contributed by atoms with Gasteiger partial charge in [-0.3, -0.25) is 14.7 Å². The number of nitrogens with zero attached hydrogens (tertiary/aromatic N) is 2. The number of hydrogen-bond donors (Lipinski definition) is 3. The topological polar surface area (TPSA) is 68.8 Å². The van der Waals surface area contributed by atoms with Crippen molar-refractivity contribution in [3.63, 3.8) is 0 Å². The van der Waals surface area contributed by atoms with Crippen LogP contribution in [0.25, 0.3) is 0 Å². The lowest BCUT2D eigenvalue weighted by Gasteiger charge is -2.33. The third-order valence-electron chi connectivity index (χ3n) is 5.05. The van der Waals surface area contributed by atoms with E-state index in [9.17, 15) is 4.79 Å². The molecule has 1 aromatic rings. The van der Waals surface area contributed by atoms with Crippen molar-refractivity contribution < 1.29 is 4.79 Å². The van der Waals surface area contributed by atoms with Crippen molar-refractivity contribution in [2.45, 2.75) is 46.2 Å². The fraction of sp³-hybridized carbons (Fsp3) is 0.619. The van der Waals surface area contributed by atoms with Crippen molar-refractivity contribution in [2.75, 3.05) is 33.2 Å². The predicted molar refractivity (Wildman–Crippen MR) is 112 cm³/mol. The number of hydrogen-bond acceptors (Lipinski definition) is 3. The lowest BCUT2D eigenvalue weighted by molar-refractivity contribution is -0.123. The van der Waals surface area contributed by atoms with Gasteiger partial charge in [0, 0.05) is 51.7 Å². The number of nitrogens with one attached hydrogen (secondary N) is 3. The maximum Gasteiger partial charge on any atom is 0.222 e. The maximum atomic E-state index is 11.6.